The minimum atomic E-state index is -0.524. The van der Waals surface area contributed by atoms with Crippen LogP contribution in [-0.4, -0.2) is 27.6 Å². The van der Waals surface area contributed by atoms with E-state index in [4.69, 9.17) is 5.73 Å². The number of fused-ring (bicyclic) bond motifs is 1. The number of aromatic amines is 1. The lowest BCUT2D eigenvalue weighted by Crippen LogP contribution is -2.13. The summed E-state index contributed by atoms with van der Waals surface area (Å²) in [6, 6.07) is 19.4. The number of Topliss-reactive ketones (excluding diaryl/α,β-unsaturated/α-hetero) is 1. The molecule has 0 bridgehead atoms. The third-order valence-corrected chi connectivity index (χ3v) is 7.84. The molecule has 0 saturated carbocycles. The molecule has 0 aliphatic rings. The van der Waals surface area contributed by atoms with Crippen molar-refractivity contribution in [1.82, 2.24) is 9.97 Å². The number of aryl methyl sites for hydroxylation is 1. The Labute approximate surface area is 236 Å². The largest absolute Gasteiger partial charge is 0.366 e. The van der Waals surface area contributed by atoms with Gasteiger partial charge in [0.1, 0.15) is 5.78 Å². The fourth-order valence-corrected chi connectivity index (χ4v) is 5.59. The van der Waals surface area contributed by atoms with E-state index in [-0.39, 0.29) is 11.7 Å². The van der Waals surface area contributed by atoms with Gasteiger partial charge in [0.25, 0.3) is 11.8 Å². The predicted octanol–water partition coefficient (Wildman–Crippen LogP) is 6.92. The van der Waals surface area contributed by atoms with Gasteiger partial charge in [0, 0.05) is 46.7 Å². The zero-order valence-electron chi connectivity index (χ0n) is 22.4. The number of thiazole rings is 1. The van der Waals surface area contributed by atoms with Crippen LogP contribution >= 0.6 is 11.3 Å². The van der Waals surface area contributed by atoms with Gasteiger partial charge in [-0.25, -0.2) is 4.98 Å². The minimum Gasteiger partial charge on any atom is -0.366 e. The summed E-state index contributed by atoms with van der Waals surface area (Å²) in [6.45, 7) is 3.97. The summed E-state index contributed by atoms with van der Waals surface area (Å²) in [5, 5.41) is 5.97. The number of rotatable bonds is 10. The van der Waals surface area contributed by atoms with Gasteiger partial charge in [-0.3, -0.25) is 14.4 Å². The number of H-pyrrole nitrogens is 1. The number of benzene rings is 3. The molecule has 0 aliphatic heterocycles. The first-order chi connectivity index (χ1) is 19.4. The van der Waals surface area contributed by atoms with Crippen molar-refractivity contribution < 1.29 is 14.4 Å². The number of nitrogens with two attached hydrogens (primary N) is 1. The van der Waals surface area contributed by atoms with E-state index in [1.807, 2.05) is 68.4 Å². The number of hydrogen-bond acceptors (Lipinski definition) is 5. The summed E-state index contributed by atoms with van der Waals surface area (Å²) in [5.74, 6) is -0.531. The van der Waals surface area contributed by atoms with Gasteiger partial charge >= 0.3 is 0 Å². The van der Waals surface area contributed by atoms with Crippen LogP contribution in [0.2, 0.25) is 0 Å². The number of nitrogens with one attached hydrogen (secondary N) is 2. The van der Waals surface area contributed by atoms with Gasteiger partial charge in [0.15, 0.2) is 5.01 Å². The molecule has 0 spiro atoms. The zero-order valence-corrected chi connectivity index (χ0v) is 23.2. The minimum absolute atomic E-state index is 0.254. The monoisotopic (exact) mass is 550 g/mol. The van der Waals surface area contributed by atoms with E-state index in [0.29, 0.717) is 41.0 Å². The summed E-state index contributed by atoms with van der Waals surface area (Å²) in [5.41, 5.74) is 13.1. The zero-order chi connectivity index (χ0) is 28.2. The fourth-order valence-electron chi connectivity index (χ4n) is 5.06. The normalized spacial score (nSPS) is 11.1. The maximum atomic E-state index is 12.7. The van der Waals surface area contributed by atoms with Gasteiger partial charge < -0.3 is 16.0 Å². The predicted molar refractivity (Wildman–Crippen MR) is 161 cm³/mol. The van der Waals surface area contributed by atoms with Gasteiger partial charge in [-0.15, -0.1) is 11.3 Å². The van der Waals surface area contributed by atoms with Gasteiger partial charge in [-0.2, -0.15) is 0 Å². The molecule has 0 unspecified atom stereocenters. The highest BCUT2D eigenvalue weighted by atomic mass is 32.1. The second-order valence-corrected chi connectivity index (χ2v) is 10.6. The third-order valence-electron chi connectivity index (χ3n) is 7.07. The van der Waals surface area contributed by atoms with Crippen LogP contribution in [0.5, 0.6) is 0 Å². The first kappa shape index (κ1) is 27.0. The number of primary amides is 1. The van der Waals surface area contributed by atoms with Crippen molar-refractivity contribution in [3.05, 3.63) is 93.9 Å². The molecule has 5 aromatic rings. The number of ketones is 1. The summed E-state index contributed by atoms with van der Waals surface area (Å²) in [4.78, 5) is 44.9. The van der Waals surface area contributed by atoms with Crippen LogP contribution in [0.25, 0.3) is 33.3 Å². The van der Waals surface area contributed by atoms with E-state index in [0.717, 1.165) is 45.3 Å². The van der Waals surface area contributed by atoms with Crippen molar-refractivity contribution >= 4 is 45.5 Å². The number of amides is 2. The molecule has 0 aliphatic carbocycles. The van der Waals surface area contributed by atoms with Crippen LogP contribution in [0.15, 0.2) is 72.2 Å². The Hall–Kier alpha value is -4.56. The van der Waals surface area contributed by atoms with E-state index in [9.17, 15) is 14.4 Å². The molecule has 2 amide bonds. The van der Waals surface area contributed by atoms with Crippen molar-refractivity contribution in [1.29, 1.82) is 0 Å². The molecule has 3 aromatic carbocycles. The lowest BCUT2D eigenvalue weighted by atomic mass is 9.94. The quantitative estimate of drug-likeness (QED) is 0.175. The molecule has 4 N–H and O–H groups in total. The molecule has 0 saturated heterocycles. The fraction of sp³-hybridized carbons (Fsp3) is 0.188. The lowest BCUT2D eigenvalue weighted by molar-refractivity contribution is -0.119. The van der Waals surface area contributed by atoms with Crippen LogP contribution in [0, 0.1) is 6.92 Å². The molecule has 2 aromatic heterocycles. The van der Waals surface area contributed by atoms with Crippen LogP contribution in [0.4, 0.5) is 5.69 Å². The number of nitrogens with zero attached hydrogens (tertiary/aromatic N) is 1. The van der Waals surface area contributed by atoms with Crippen LogP contribution < -0.4 is 11.1 Å². The van der Waals surface area contributed by atoms with Gasteiger partial charge in [-0.1, -0.05) is 49.4 Å². The van der Waals surface area contributed by atoms with E-state index in [2.05, 4.69) is 15.3 Å². The Morgan fingerprint density at radius 2 is 1.77 bits per heavy atom. The second kappa shape index (κ2) is 11.7. The molecule has 202 valence electrons. The SMILES string of the molecule is CCCC(=O)CCc1ccccc1-c1cc2c(-c3cccc(NC(=O)c4nccs4)c3C)ccc(C(N)=O)c2[nH]1. The highest BCUT2D eigenvalue weighted by Crippen LogP contribution is 2.38. The third kappa shape index (κ3) is 5.44. The average molecular weight is 551 g/mol. The van der Waals surface area contributed by atoms with Gasteiger partial charge in [0.2, 0.25) is 0 Å². The number of anilines is 1. The van der Waals surface area contributed by atoms with E-state index in [1.165, 1.54) is 11.3 Å². The average Bonchev–Trinajstić information content (AvgIpc) is 3.64. The summed E-state index contributed by atoms with van der Waals surface area (Å²) in [7, 11) is 0. The molecular weight excluding hydrogens is 520 g/mol. The van der Waals surface area contributed by atoms with Crippen LogP contribution in [-0.2, 0) is 11.2 Å². The Balaban J connectivity index is 1.58. The smallest absolute Gasteiger partial charge is 0.284 e. The van der Waals surface area contributed by atoms with E-state index < -0.39 is 5.91 Å². The van der Waals surface area contributed by atoms with Gasteiger partial charge in [-0.05, 0) is 60.2 Å². The van der Waals surface area contributed by atoms with Crippen molar-refractivity contribution in [3.8, 4) is 22.4 Å². The van der Waals surface area contributed by atoms with Crippen molar-refractivity contribution in [2.45, 2.75) is 39.5 Å². The maximum absolute atomic E-state index is 12.7. The highest BCUT2D eigenvalue weighted by Gasteiger charge is 2.19. The number of carbonyl (C=O) groups is 3. The Morgan fingerprint density at radius 1 is 0.975 bits per heavy atom. The van der Waals surface area contributed by atoms with Crippen molar-refractivity contribution in [3.63, 3.8) is 0 Å². The molecule has 0 atom stereocenters. The molecule has 2 heterocycles. The van der Waals surface area contributed by atoms with E-state index in [1.54, 1.807) is 17.6 Å². The van der Waals surface area contributed by atoms with Gasteiger partial charge in [0.05, 0.1) is 11.1 Å². The number of hydrogen-bond donors (Lipinski definition) is 3. The first-order valence-electron chi connectivity index (χ1n) is 13.2. The Kier molecular flexibility index (Phi) is 7.89. The highest BCUT2D eigenvalue weighted by molar-refractivity contribution is 7.11. The lowest BCUT2D eigenvalue weighted by Gasteiger charge is -2.14. The maximum Gasteiger partial charge on any atom is 0.284 e. The van der Waals surface area contributed by atoms with Crippen LogP contribution in [0.3, 0.4) is 0 Å². The molecular formula is C32H30N4O3S. The standard InChI is InChI=1S/C32H30N4O3S/c1-3-7-21(37)13-12-20-8-4-5-9-23(20)28-18-26-24(14-15-25(30(33)38)29(26)35-28)22-10-6-11-27(19(22)2)36-31(39)32-34-16-17-40-32/h4-6,8-11,14-18,35H,3,7,12-13H2,1-2H3,(H2,33,38)(H,36,39). The number of carbonyl (C=O) groups excluding carboxylic acids is 3. The van der Waals surface area contributed by atoms with Crippen molar-refractivity contribution in [2.24, 2.45) is 5.73 Å². The summed E-state index contributed by atoms with van der Waals surface area (Å²) >= 11 is 1.28. The molecule has 0 radical (unpaired) electrons. The number of aromatic nitrogens is 2. The molecule has 0 fully saturated rings. The molecule has 5 rings (SSSR count). The first-order valence-corrected chi connectivity index (χ1v) is 14.1. The topological polar surface area (TPSA) is 118 Å². The van der Waals surface area contributed by atoms with E-state index >= 15 is 0 Å². The Bertz CT molecular complexity index is 1720. The second-order valence-electron chi connectivity index (χ2n) is 9.71. The summed E-state index contributed by atoms with van der Waals surface area (Å²) in [6.07, 6.45) is 4.16. The van der Waals surface area contributed by atoms with Crippen LogP contribution in [0.1, 0.15) is 57.5 Å². The van der Waals surface area contributed by atoms with Crippen molar-refractivity contribution in [2.75, 3.05) is 5.32 Å². The molecule has 7 nitrogen and oxygen atoms in total. The molecule has 40 heavy (non-hydrogen) atoms. The molecule has 8 heteroatoms. The summed E-state index contributed by atoms with van der Waals surface area (Å²) < 4.78 is 0. The Morgan fingerprint density at radius 3 is 2.52 bits per heavy atom.